The molecule has 8 heteroatoms. The molecule has 2 aromatic rings. The predicted molar refractivity (Wildman–Crippen MR) is 121 cm³/mol. The molecule has 168 valence electrons. The topological polar surface area (TPSA) is 92.8 Å². The van der Waals surface area contributed by atoms with Crippen molar-refractivity contribution >= 4 is 40.0 Å². The molecular weight excluding hydrogens is 428 g/mol. The number of fused-ring (bicyclic) bond motifs is 2. The summed E-state index contributed by atoms with van der Waals surface area (Å²) in [4.78, 5) is 52.4. The van der Waals surface area contributed by atoms with Crippen LogP contribution in [0.3, 0.4) is 0 Å². The Morgan fingerprint density at radius 1 is 1.19 bits per heavy atom. The number of esters is 1. The van der Waals surface area contributed by atoms with Crippen LogP contribution in [0.15, 0.2) is 24.3 Å². The largest absolute Gasteiger partial charge is 0.462 e. The minimum Gasteiger partial charge on any atom is -0.462 e. The van der Waals surface area contributed by atoms with Crippen molar-refractivity contribution in [3.05, 3.63) is 51.4 Å². The number of imide groups is 1. The summed E-state index contributed by atoms with van der Waals surface area (Å²) in [6.45, 7) is 4.39. The van der Waals surface area contributed by atoms with Gasteiger partial charge in [0.1, 0.15) is 5.00 Å². The first-order valence-corrected chi connectivity index (χ1v) is 11.8. The first kappa shape index (κ1) is 22.2. The van der Waals surface area contributed by atoms with Gasteiger partial charge in [0.25, 0.3) is 11.8 Å². The van der Waals surface area contributed by atoms with Crippen LogP contribution in [0.1, 0.15) is 74.6 Å². The maximum absolute atomic E-state index is 12.6. The number of thiophene rings is 1. The van der Waals surface area contributed by atoms with Gasteiger partial charge in [-0.15, -0.1) is 11.3 Å². The number of carbonyl (C=O) groups is 4. The monoisotopic (exact) mass is 454 g/mol. The van der Waals surface area contributed by atoms with E-state index in [4.69, 9.17) is 4.74 Å². The fourth-order valence-corrected chi connectivity index (χ4v) is 5.70. The Morgan fingerprint density at radius 2 is 1.88 bits per heavy atom. The molecule has 0 bridgehead atoms. The number of ether oxygens (including phenoxy) is 1. The lowest BCUT2D eigenvalue weighted by atomic mass is 9.88. The van der Waals surface area contributed by atoms with Crippen LogP contribution in [0.2, 0.25) is 0 Å². The van der Waals surface area contributed by atoms with E-state index in [1.807, 2.05) is 0 Å². The molecule has 0 fully saturated rings. The Hall–Kier alpha value is -3.00. The van der Waals surface area contributed by atoms with Crippen molar-refractivity contribution in [2.75, 3.05) is 18.5 Å². The maximum Gasteiger partial charge on any atom is 0.341 e. The molecule has 2 aliphatic rings. The molecule has 0 saturated carbocycles. The van der Waals surface area contributed by atoms with Gasteiger partial charge in [-0.2, -0.15) is 0 Å². The smallest absolute Gasteiger partial charge is 0.341 e. The van der Waals surface area contributed by atoms with Crippen molar-refractivity contribution in [2.45, 2.75) is 46.0 Å². The molecule has 1 atom stereocenters. The Labute approximate surface area is 190 Å². The van der Waals surface area contributed by atoms with Gasteiger partial charge in [-0.3, -0.25) is 19.3 Å². The number of benzene rings is 1. The highest BCUT2D eigenvalue weighted by atomic mass is 32.1. The molecule has 1 aliphatic carbocycles. The highest BCUT2D eigenvalue weighted by Crippen LogP contribution is 2.40. The third-order valence-electron chi connectivity index (χ3n) is 5.91. The van der Waals surface area contributed by atoms with Gasteiger partial charge in [0.15, 0.2) is 0 Å². The zero-order chi connectivity index (χ0) is 22.8. The first-order valence-electron chi connectivity index (χ1n) is 11.0. The van der Waals surface area contributed by atoms with E-state index >= 15 is 0 Å². The second-order valence-corrected chi connectivity index (χ2v) is 9.34. The molecule has 1 N–H and O–H groups in total. The predicted octanol–water partition coefficient (Wildman–Crippen LogP) is 4.06. The quantitative estimate of drug-likeness (QED) is 0.503. The summed E-state index contributed by atoms with van der Waals surface area (Å²) >= 11 is 1.45. The normalized spacial score (nSPS) is 17.2. The molecule has 1 aliphatic heterocycles. The zero-order valence-corrected chi connectivity index (χ0v) is 19.0. The van der Waals surface area contributed by atoms with E-state index in [2.05, 4.69) is 12.2 Å². The second kappa shape index (κ2) is 9.24. The summed E-state index contributed by atoms with van der Waals surface area (Å²) in [6, 6.07) is 6.73. The number of hydrogen-bond donors (Lipinski definition) is 1. The fourth-order valence-electron chi connectivity index (χ4n) is 4.29. The molecule has 1 unspecified atom stereocenters. The molecule has 1 aromatic carbocycles. The average molecular weight is 455 g/mol. The summed E-state index contributed by atoms with van der Waals surface area (Å²) in [5.74, 6) is -0.759. The highest BCUT2D eigenvalue weighted by molar-refractivity contribution is 7.17. The van der Waals surface area contributed by atoms with Gasteiger partial charge >= 0.3 is 5.97 Å². The number of amides is 3. The summed E-state index contributed by atoms with van der Waals surface area (Å²) < 4.78 is 5.24. The Bertz CT molecular complexity index is 1060. The van der Waals surface area contributed by atoms with Crippen molar-refractivity contribution in [2.24, 2.45) is 5.92 Å². The van der Waals surface area contributed by atoms with Gasteiger partial charge in [-0.25, -0.2) is 4.79 Å². The van der Waals surface area contributed by atoms with Crippen LogP contribution >= 0.6 is 11.3 Å². The van der Waals surface area contributed by atoms with Gasteiger partial charge < -0.3 is 10.1 Å². The van der Waals surface area contributed by atoms with E-state index in [1.54, 1.807) is 31.2 Å². The lowest BCUT2D eigenvalue weighted by Gasteiger charge is -2.18. The van der Waals surface area contributed by atoms with Crippen molar-refractivity contribution in [3.8, 4) is 0 Å². The van der Waals surface area contributed by atoms with E-state index in [9.17, 15) is 19.2 Å². The zero-order valence-electron chi connectivity index (χ0n) is 18.2. The number of hydrogen-bond acceptors (Lipinski definition) is 6. The number of anilines is 1. The van der Waals surface area contributed by atoms with Gasteiger partial charge in [0, 0.05) is 17.8 Å². The van der Waals surface area contributed by atoms with Gasteiger partial charge in [-0.1, -0.05) is 19.1 Å². The maximum atomic E-state index is 12.6. The number of nitrogens with one attached hydrogen (secondary N) is 1. The highest BCUT2D eigenvalue weighted by Gasteiger charge is 2.34. The molecule has 3 amide bonds. The molecule has 0 saturated heterocycles. The van der Waals surface area contributed by atoms with Crippen molar-refractivity contribution in [1.82, 2.24) is 4.90 Å². The third-order valence-corrected chi connectivity index (χ3v) is 7.08. The molecule has 0 spiro atoms. The molecule has 32 heavy (non-hydrogen) atoms. The van der Waals surface area contributed by atoms with E-state index in [1.165, 1.54) is 16.2 Å². The molecule has 0 radical (unpaired) electrons. The number of nitrogens with zero attached hydrogens (tertiary/aromatic N) is 1. The Kier molecular flexibility index (Phi) is 6.41. The van der Waals surface area contributed by atoms with Crippen LogP contribution in [-0.2, 0) is 22.4 Å². The van der Waals surface area contributed by atoms with Crippen LogP contribution in [0, 0.1) is 5.92 Å². The van der Waals surface area contributed by atoms with Crippen LogP contribution < -0.4 is 5.32 Å². The van der Waals surface area contributed by atoms with E-state index in [-0.39, 0.29) is 37.3 Å². The molecular formula is C24H26N2O5S. The summed E-state index contributed by atoms with van der Waals surface area (Å²) in [7, 11) is 0. The number of carbonyl (C=O) groups excluding carboxylic acids is 4. The number of rotatable bonds is 7. The van der Waals surface area contributed by atoms with Crippen LogP contribution in [0.5, 0.6) is 0 Å². The summed E-state index contributed by atoms with van der Waals surface area (Å²) in [6.07, 6.45) is 3.17. The van der Waals surface area contributed by atoms with Crippen molar-refractivity contribution < 1.29 is 23.9 Å². The summed E-state index contributed by atoms with van der Waals surface area (Å²) in [5.41, 5.74) is 2.28. The van der Waals surface area contributed by atoms with Crippen molar-refractivity contribution in [3.63, 3.8) is 0 Å². The van der Waals surface area contributed by atoms with Gasteiger partial charge in [0.2, 0.25) is 5.91 Å². The molecule has 1 aromatic heterocycles. The lowest BCUT2D eigenvalue weighted by Crippen LogP contribution is -2.31. The van der Waals surface area contributed by atoms with E-state index < -0.39 is 5.97 Å². The molecule has 4 rings (SSSR count). The standard InChI is InChI=1S/C24H26N2O5S/c1-3-31-24(30)20-17-11-10-14(2)13-18(17)32-21(20)25-19(27)9-6-12-26-22(28)15-7-4-5-8-16(15)23(26)29/h4-5,7-8,14H,3,6,9-13H2,1-2H3,(H,25,27). The second-order valence-electron chi connectivity index (χ2n) is 8.24. The van der Waals surface area contributed by atoms with Gasteiger partial charge in [0.05, 0.1) is 23.3 Å². The lowest BCUT2D eigenvalue weighted by molar-refractivity contribution is -0.116. The minimum atomic E-state index is -0.402. The summed E-state index contributed by atoms with van der Waals surface area (Å²) in [5, 5.41) is 3.41. The van der Waals surface area contributed by atoms with Crippen LogP contribution in [0.4, 0.5) is 5.00 Å². The third kappa shape index (κ3) is 4.19. The Balaban J connectivity index is 1.40. The van der Waals surface area contributed by atoms with E-state index in [0.717, 1.165) is 29.7 Å². The van der Waals surface area contributed by atoms with E-state index in [0.29, 0.717) is 34.0 Å². The van der Waals surface area contributed by atoms with Crippen molar-refractivity contribution in [1.29, 1.82) is 0 Å². The molecule has 2 heterocycles. The van der Waals surface area contributed by atoms with Gasteiger partial charge in [-0.05, 0) is 56.2 Å². The Morgan fingerprint density at radius 3 is 2.53 bits per heavy atom. The fraction of sp³-hybridized carbons (Fsp3) is 0.417. The first-order chi connectivity index (χ1) is 15.4. The van der Waals surface area contributed by atoms with Crippen LogP contribution in [0.25, 0.3) is 0 Å². The van der Waals surface area contributed by atoms with Crippen LogP contribution in [-0.4, -0.2) is 41.7 Å². The minimum absolute atomic E-state index is 0.134. The molecule has 7 nitrogen and oxygen atoms in total. The SMILES string of the molecule is CCOC(=O)c1c(NC(=O)CCCN2C(=O)c3ccccc3C2=O)sc2c1CCC(C)C2. The average Bonchev–Trinajstić information content (AvgIpc) is 3.23.